The molecule has 1 saturated heterocycles. The molecule has 4 heteroatoms. The van der Waals surface area contributed by atoms with Crippen molar-refractivity contribution in [2.45, 2.75) is 13.5 Å². The Kier molecular flexibility index (Phi) is 3.45. The fraction of sp³-hybridized carbons (Fsp3) is 0.462. The van der Waals surface area contributed by atoms with E-state index in [1.165, 1.54) is 0 Å². The number of aromatic carboxylic acids is 1. The smallest absolute Gasteiger partial charge is 0.335 e. The highest BCUT2D eigenvalue weighted by Crippen LogP contribution is 2.25. The van der Waals surface area contributed by atoms with E-state index in [2.05, 4.69) is 12.2 Å². The third kappa shape index (κ3) is 3.05. The van der Waals surface area contributed by atoms with E-state index in [9.17, 15) is 4.79 Å². The zero-order valence-corrected chi connectivity index (χ0v) is 9.90. The molecule has 17 heavy (non-hydrogen) atoms. The van der Waals surface area contributed by atoms with Crippen LogP contribution in [0.3, 0.4) is 0 Å². The molecule has 0 aliphatic carbocycles. The predicted octanol–water partition coefficient (Wildman–Crippen LogP) is 1.51. The first kappa shape index (κ1) is 12.1. The Hall–Kier alpha value is -1.39. The molecule has 0 saturated carbocycles. The van der Waals surface area contributed by atoms with Crippen LogP contribution in [0.2, 0.25) is 0 Å². The number of carboxylic acids is 1. The van der Waals surface area contributed by atoms with Crippen LogP contribution in [0.25, 0.3) is 0 Å². The molecule has 92 valence electrons. The lowest BCUT2D eigenvalue weighted by atomic mass is 9.89. The van der Waals surface area contributed by atoms with Crippen LogP contribution in [0.15, 0.2) is 24.3 Å². The highest BCUT2D eigenvalue weighted by atomic mass is 16.5. The van der Waals surface area contributed by atoms with Crippen molar-refractivity contribution in [2.24, 2.45) is 5.41 Å². The third-order valence-corrected chi connectivity index (χ3v) is 2.96. The van der Waals surface area contributed by atoms with E-state index in [0.717, 1.165) is 25.3 Å². The highest BCUT2D eigenvalue weighted by molar-refractivity contribution is 5.87. The first-order valence-electron chi connectivity index (χ1n) is 5.70. The van der Waals surface area contributed by atoms with Crippen LogP contribution >= 0.6 is 0 Å². The normalized spacial score (nSPS) is 17.5. The van der Waals surface area contributed by atoms with Gasteiger partial charge in [0, 0.05) is 18.5 Å². The Morgan fingerprint density at radius 2 is 2.29 bits per heavy atom. The van der Waals surface area contributed by atoms with Gasteiger partial charge in [-0.05, 0) is 17.7 Å². The van der Waals surface area contributed by atoms with E-state index >= 15 is 0 Å². The Morgan fingerprint density at radius 1 is 1.53 bits per heavy atom. The maximum atomic E-state index is 10.8. The van der Waals surface area contributed by atoms with Gasteiger partial charge in [0.2, 0.25) is 0 Å². The third-order valence-electron chi connectivity index (χ3n) is 2.96. The Bertz CT molecular complexity index is 413. The molecule has 1 aliphatic rings. The fourth-order valence-electron chi connectivity index (χ4n) is 1.88. The Balaban J connectivity index is 1.86. The number of benzene rings is 1. The summed E-state index contributed by atoms with van der Waals surface area (Å²) >= 11 is 0. The van der Waals surface area contributed by atoms with Gasteiger partial charge in [0.25, 0.3) is 0 Å². The van der Waals surface area contributed by atoms with Crippen molar-refractivity contribution in [3.63, 3.8) is 0 Å². The molecule has 2 rings (SSSR count). The summed E-state index contributed by atoms with van der Waals surface area (Å²) in [5, 5.41) is 12.2. The Morgan fingerprint density at radius 3 is 2.88 bits per heavy atom. The lowest BCUT2D eigenvalue weighted by Gasteiger charge is -2.38. The number of ether oxygens (including phenoxy) is 1. The van der Waals surface area contributed by atoms with Crippen molar-refractivity contribution in [3.05, 3.63) is 35.4 Å². The minimum atomic E-state index is -0.883. The summed E-state index contributed by atoms with van der Waals surface area (Å²) in [6, 6.07) is 7.01. The van der Waals surface area contributed by atoms with Crippen molar-refractivity contribution >= 4 is 5.97 Å². The predicted molar refractivity (Wildman–Crippen MR) is 64.0 cm³/mol. The van der Waals surface area contributed by atoms with Gasteiger partial charge in [0.15, 0.2) is 0 Å². The molecule has 0 amide bonds. The van der Waals surface area contributed by atoms with E-state index in [-0.39, 0.29) is 5.41 Å². The minimum absolute atomic E-state index is 0.240. The van der Waals surface area contributed by atoms with Crippen LogP contribution in [0.4, 0.5) is 0 Å². The molecule has 2 N–H and O–H groups in total. The second-order valence-electron chi connectivity index (χ2n) is 4.91. The second-order valence-corrected chi connectivity index (χ2v) is 4.91. The molecule has 1 aromatic carbocycles. The molecule has 0 radical (unpaired) electrons. The monoisotopic (exact) mass is 235 g/mol. The molecule has 0 spiro atoms. The van der Waals surface area contributed by atoms with Gasteiger partial charge in [0.05, 0.1) is 18.8 Å². The van der Waals surface area contributed by atoms with E-state index in [0.29, 0.717) is 12.1 Å². The van der Waals surface area contributed by atoms with E-state index in [4.69, 9.17) is 9.84 Å². The summed E-state index contributed by atoms with van der Waals surface area (Å²) in [5.74, 6) is -0.883. The second kappa shape index (κ2) is 4.85. The lowest BCUT2D eigenvalue weighted by molar-refractivity contribution is -0.0991. The summed E-state index contributed by atoms with van der Waals surface area (Å²) in [7, 11) is 0. The molecule has 1 fully saturated rings. The number of rotatable bonds is 5. The van der Waals surface area contributed by atoms with Gasteiger partial charge >= 0.3 is 5.97 Å². The molecule has 0 aromatic heterocycles. The fourth-order valence-corrected chi connectivity index (χ4v) is 1.88. The van der Waals surface area contributed by atoms with Crippen molar-refractivity contribution in [2.75, 3.05) is 19.8 Å². The molecular weight excluding hydrogens is 218 g/mol. The summed E-state index contributed by atoms with van der Waals surface area (Å²) in [6.07, 6.45) is 0. The topological polar surface area (TPSA) is 58.6 Å². The van der Waals surface area contributed by atoms with Crippen molar-refractivity contribution in [1.29, 1.82) is 0 Å². The molecule has 1 heterocycles. The zero-order valence-electron chi connectivity index (χ0n) is 9.90. The number of nitrogens with one attached hydrogen (secondary N) is 1. The van der Waals surface area contributed by atoms with Crippen LogP contribution in [-0.2, 0) is 11.3 Å². The maximum absolute atomic E-state index is 10.8. The number of carboxylic acid groups (broad SMARTS) is 1. The molecule has 0 unspecified atom stereocenters. The Labute approximate surface area is 101 Å². The maximum Gasteiger partial charge on any atom is 0.335 e. The molecule has 4 nitrogen and oxygen atoms in total. The molecule has 1 aliphatic heterocycles. The van der Waals surface area contributed by atoms with Crippen LogP contribution in [0.1, 0.15) is 22.8 Å². The minimum Gasteiger partial charge on any atom is -0.478 e. The number of carbonyl (C=O) groups is 1. The van der Waals surface area contributed by atoms with Gasteiger partial charge in [-0.3, -0.25) is 0 Å². The summed E-state index contributed by atoms with van der Waals surface area (Å²) < 4.78 is 5.17. The standard InChI is InChI=1S/C13H17NO3/c1-13(8-17-9-13)7-14-6-10-3-2-4-11(5-10)12(15)16/h2-5,14H,6-9H2,1H3,(H,15,16). The number of hydrogen-bond acceptors (Lipinski definition) is 3. The van der Waals surface area contributed by atoms with Gasteiger partial charge in [0.1, 0.15) is 0 Å². The van der Waals surface area contributed by atoms with E-state index in [1.807, 2.05) is 6.07 Å². The average Bonchev–Trinajstić information content (AvgIpc) is 2.27. The lowest BCUT2D eigenvalue weighted by Crippen LogP contribution is -2.47. The first-order valence-corrected chi connectivity index (χ1v) is 5.70. The van der Waals surface area contributed by atoms with Gasteiger partial charge in [-0.15, -0.1) is 0 Å². The van der Waals surface area contributed by atoms with E-state index in [1.54, 1.807) is 18.2 Å². The van der Waals surface area contributed by atoms with Crippen LogP contribution < -0.4 is 5.32 Å². The number of hydrogen-bond donors (Lipinski definition) is 2. The molecule has 1 aromatic rings. The van der Waals surface area contributed by atoms with Gasteiger partial charge < -0.3 is 15.2 Å². The van der Waals surface area contributed by atoms with Crippen LogP contribution in [0.5, 0.6) is 0 Å². The molecule has 0 bridgehead atoms. The largest absolute Gasteiger partial charge is 0.478 e. The summed E-state index contributed by atoms with van der Waals surface area (Å²) in [4.78, 5) is 10.8. The summed E-state index contributed by atoms with van der Waals surface area (Å²) in [6.45, 7) is 5.36. The van der Waals surface area contributed by atoms with Crippen molar-refractivity contribution in [1.82, 2.24) is 5.32 Å². The zero-order chi connectivity index (χ0) is 12.3. The van der Waals surface area contributed by atoms with E-state index < -0.39 is 5.97 Å². The average molecular weight is 235 g/mol. The summed E-state index contributed by atoms with van der Waals surface area (Å²) in [5.41, 5.74) is 1.57. The SMILES string of the molecule is CC1(CNCc2cccc(C(=O)O)c2)COC1. The van der Waals surface area contributed by atoms with Gasteiger partial charge in [-0.2, -0.15) is 0 Å². The molecule has 0 atom stereocenters. The van der Waals surface area contributed by atoms with Gasteiger partial charge in [-0.1, -0.05) is 19.1 Å². The van der Waals surface area contributed by atoms with Crippen molar-refractivity contribution < 1.29 is 14.6 Å². The van der Waals surface area contributed by atoms with Crippen molar-refractivity contribution in [3.8, 4) is 0 Å². The first-order chi connectivity index (χ1) is 8.09. The van der Waals surface area contributed by atoms with Gasteiger partial charge in [-0.25, -0.2) is 4.79 Å². The highest BCUT2D eigenvalue weighted by Gasteiger charge is 2.32. The molecular formula is C13H17NO3. The van der Waals surface area contributed by atoms with Crippen LogP contribution in [-0.4, -0.2) is 30.8 Å². The van der Waals surface area contributed by atoms with Crippen LogP contribution in [0, 0.1) is 5.41 Å². The quantitative estimate of drug-likeness (QED) is 0.812.